The van der Waals surface area contributed by atoms with E-state index in [1.54, 1.807) is 6.20 Å². The molecule has 6 rings (SSSR count). The first kappa shape index (κ1) is 20.6. The van der Waals surface area contributed by atoms with Crippen molar-refractivity contribution in [2.24, 2.45) is 0 Å². The van der Waals surface area contributed by atoms with Crippen LogP contribution in [0.2, 0.25) is 0 Å². The third kappa shape index (κ3) is 4.05. The number of hydrogen-bond acceptors (Lipinski definition) is 10. The minimum atomic E-state index is 0.0189. The molecule has 1 atom stereocenters. The van der Waals surface area contributed by atoms with Gasteiger partial charge in [-0.15, -0.1) is 0 Å². The number of ether oxygens (including phenoxy) is 1. The predicted octanol–water partition coefficient (Wildman–Crippen LogP) is 3.09. The van der Waals surface area contributed by atoms with Crippen molar-refractivity contribution >= 4 is 23.4 Å². The minimum Gasteiger partial charge on any atom is -0.378 e. The van der Waals surface area contributed by atoms with E-state index in [9.17, 15) is 0 Å². The van der Waals surface area contributed by atoms with Gasteiger partial charge in [-0.2, -0.15) is 15.1 Å². The van der Waals surface area contributed by atoms with Crippen molar-refractivity contribution in [3.63, 3.8) is 0 Å². The molecule has 2 aliphatic heterocycles. The highest BCUT2D eigenvalue weighted by Crippen LogP contribution is 2.38. The highest BCUT2D eigenvalue weighted by molar-refractivity contribution is 5.61. The molecule has 0 radical (unpaired) electrons. The molecule has 0 saturated carbocycles. The van der Waals surface area contributed by atoms with Crippen molar-refractivity contribution in [3.8, 4) is 11.4 Å². The molecule has 1 unspecified atom stereocenters. The highest BCUT2D eigenvalue weighted by Gasteiger charge is 2.35. The fourth-order valence-electron chi connectivity index (χ4n) is 4.19. The van der Waals surface area contributed by atoms with Crippen LogP contribution >= 0.6 is 0 Å². The molecule has 34 heavy (non-hydrogen) atoms. The number of nitrogens with zero attached hydrogens (tertiary/aromatic N) is 7. The van der Waals surface area contributed by atoms with E-state index in [1.807, 2.05) is 43.3 Å². The van der Waals surface area contributed by atoms with Gasteiger partial charge in [0.05, 0.1) is 24.9 Å². The van der Waals surface area contributed by atoms with Crippen molar-refractivity contribution in [2.45, 2.75) is 19.4 Å². The van der Waals surface area contributed by atoms with Crippen LogP contribution in [0.15, 0.2) is 47.1 Å². The van der Waals surface area contributed by atoms with Crippen LogP contribution in [0, 0.1) is 6.92 Å². The lowest BCUT2D eigenvalue weighted by molar-refractivity contribution is 0.122. The van der Waals surface area contributed by atoms with E-state index in [-0.39, 0.29) is 6.04 Å². The predicted molar refractivity (Wildman–Crippen MR) is 126 cm³/mol. The van der Waals surface area contributed by atoms with Crippen molar-refractivity contribution < 1.29 is 9.26 Å². The molecule has 0 spiro atoms. The molecular formula is C23H25N9O2. The van der Waals surface area contributed by atoms with Crippen LogP contribution in [0.3, 0.4) is 0 Å². The lowest BCUT2D eigenvalue weighted by Gasteiger charge is -2.40. The number of morpholine rings is 1. The summed E-state index contributed by atoms with van der Waals surface area (Å²) in [4.78, 5) is 18.5. The van der Waals surface area contributed by atoms with E-state index in [1.165, 1.54) is 0 Å². The van der Waals surface area contributed by atoms with Crippen LogP contribution in [-0.2, 0) is 4.74 Å². The first-order valence-electron chi connectivity index (χ1n) is 11.4. The lowest BCUT2D eigenvalue weighted by atomic mass is 10.0. The number of aromatic amines is 1. The number of anilines is 4. The molecule has 2 saturated heterocycles. The van der Waals surface area contributed by atoms with E-state index >= 15 is 0 Å². The maximum absolute atomic E-state index is 5.71. The molecule has 2 aliphatic rings. The fraction of sp³-hybridized carbons (Fsp3) is 0.348. The van der Waals surface area contributed by atoms with Gasteiger partial charge in [0.2, 0.25) is 5.95 Å². The second kappa shape index (κ2) is 8.75. The number of pyridine rings is 1. The third-order valence-corrected chi connectivity index (χ3v) is 6.06. The zero-order chi connectivity index (χ0) is 22.9. The molecule has 4 aromatic heterocycles. The van der Waals surface area contributed by atoms with Gasteiger partial charge in [-0.3, -0.25) is 10.1 Å². The summed E-state index contributed by atoms with van der Waals surface area (Å²) in [7, 11) is 0. The second-order valence-corrected chi connectivity index (χ2v) is 8.40. The van der Waals surface area contributed by atoms with Gasteiger partial charge in [0, 0.05) is 49.7 Å². The van der Waals surface area contributed by atoms with Crippen LogP contribution in [-0.4, -0.2) is 63.2 Å². The Morgan fingerprint density at radius 2 is 1.94 bits per heavy atom. The number of nitrogens with one attached hydrogen (secondary N) is 2. The molecule has 4 aromatic rings. The largest absolute Gasteiger partial charge is 0.378 e. The number of hydrogen-bond donors (Lipinski definition) is 2. The molecule has 0 aliphatic carbocycles. The van der Waals surface area contributed by atoms with E-state index < -0.39 is 0 Å². The molecule has 174 valence electrons. The van der Waals surface area contributed by atoms with Crippen molar-refractivity contribution in [3.05, 3.63) is 54.0 Å². The summed E-state index contributed by atoms with van der Waals surface area (Å²) in [6, 6.07) is 11.6. The molecule has 6 heterocycles. The fourth-order valence-corrected chi connectivity index (χ4v) is 4.19. The maximum Gasteiger partial charge on any atom is 0.229 e. The van der Waals surface area contributed by atoms with Gasteiger partial charge in [0.25, 0.3) is 0 Å². The SMILES string of the molecule is Cc1cc(Nc2cc(N3CCOCC3)nc(N3CCC3c3cc(-c4ccccn4)no3)n2)n[nH]1. The zero-order valence-corrected chi connectivity index (χ0v) is 18.8. The molecule has 2 fully saturated rings. The third-order valence-electron chi connectivity index (χ3n) is 6.06. The quantitative estimate of drug-likeness (QED) is 0.445. The van der Waals surface area contributed by atoms with Gasteiger partial charge >= 0.3 is 0 Å². The van der Waals surface area contributed by atoms with Gasteiger partial charge in [-0.25, -0.2) is 0 Å². The van der Waals surface area contributed by atoms with Crippen molar-refractivity contribution in [1.29, 1.82) is 0 Å². The smallest absolute Gasteiger partial charge is 0.229 e. The van der Waals surface area contributed by atoms with E-state index in [2.05, 4.69) is 35.5 Å². The van der Waals surface area contributed by atoms with Crippen LogP contribution in [0.25, 0.3) is 11.4 Å². The normalized spacial score (nSPS) is 18.1. The van der Waals surface area contributed by atoms with Gasteiger partial charge in [0.1, 0.15) is 17.3 Å². The first-order chi connectivity index (χ1) is 16.7. The summed E-state index contributed by atoms with van der Waals surface area (Å²) >= 11 is 0. The first-order valence-corrected chi connectivity index (χ1v) is 11.4. The topological polar surface area (TPSA) is 121 Å². The Balaban J connectivity index is 1.30. The minimum absolute atomic E-state index is 0.0189. The second-order valence-electron chi connectivity index (χ2n) is 8.40. The summed E-state index contributed by atoms with van der Waals surface area (Å²) in [5.74, 6) is 3.69. The summed E-state index contributed by atoms with van der Waals surface area (Å²) in [5.41, 5.74) is 2.48. The standard InChI is InChI=1S/C23H25N9O2/c1-15-12-21(29-28-15)25-20-14-22(31-8-10-33-11-9-31)27-23(26-20)32-7-5-18(32)19-13-17(30-34-19)16-4-2-3-6-24-16/h2-4,6,12-14,18H,5,7-11H2,1H3,(H2,25,26,27,28,29). The molecule has 11 nitrogen and oxygen atoms in total. The summed E-state index contributed by atoms with van der Waals surface area (Å²) in [5, 5.41) is 14.8. The Bertz CT molecular complexity index is 1270. The summed E-state index contributed by atoms with van der Waals surface area (Å²) in [6.45, 7) is 5.73. The number of aromatic nitrogens is 6. The van der Waals surface area contributed by atoms with Gasteiger partial charge in [-0.05, 0) is 25.5 Å². The molecule has 2 N–H and O–H groups in total. The molecular weight excluding hydrogens is 434 g/mol. The van der Waals surface area contributed by atoms with E-state index in [4.69, 9.17) is 19.2 Å². The van der Waals surface area contributed by atoms with Crippen molar-refractivity contribution in [2.75, 3.05) is 48.0 Å². The van der Waals surface area contributed by atoms with Crippen molar-refractivity contribution in [1.82, 2.24) is 30.3 Å². The lowest BCUT2D eigenvalue weighted by Crippen LogP contribution is -2.42. The van der Waals surface area contributed by atoms with Crippen LogP contribution < -0.4 is 15.1 Å². The van der Waals surface area contributed by atoms with E-state index in [0.29, 0.717) is 30.8 Å². The molecule has 11 heteroatoms. The maximum atomic E-state index is 5.71. The summed E-state index contributed by atoms with van der Waals surface area (Å²) < 4.78 is 11.2. The monoisotopic (exact) mass is 459 g/mol. The Hall–Kier alpha value is -3.99. The summed E-state index contributed by atoms with van der Waals surface area (Å²) in [6.07, 6.45) is 2.68. The molecule has 0 aromatic carbocycles. The average molecular weight is 460 g/mol. The average Bonchev–Trinajstić information content (AvgIpc) is 3.48. The van der Waals surface area contributed by atoms with Crippen LogP contribution in [0.5, 0.6) is 0 Å². The Morgan fingerprint density at radius 1 is 1.03 bits per heavy atom. The van der Waals surface area contributed by atoms with E-state index in [0.717, 1.165) is 54.7 Å². The van der Waals surface area contributed by atoms with Gasteiger partial charge in [0.15, 0.2) is 11.6 Å². The Kier molecular flexibility index (Phi) is 5.30. The number of rotatable bonds is 6. The molecule has 0 amide bonds. The highest BCUT2D eigenvalue weighted by atomic mass is 16.5. The Morgan fingerprint density at radius 3 is 2.68 bits per heavy atom. The van der Waals surface area contributed by atoms with Gasteiger partial charge in [-0.1, -0.05) is 11.2 Å². The number of H-pyrrole nitrogens is 1. The Labute approximate surface area is 196 Å². The van der Waals surface area contributed by atoms with Gasteiger partial charge < -0.3 is 24.4 Å². The number of aryl methyl sites for hydroxylation is 1. The zero-order valence-electron chi connectivity index (χ0n) is 18.8. The van der Waals surface area contributed by atoms with Crippen LogP contribution in [0.4, 0.5) is 23.4 Å². The van der Waals surface area contributed by atoms with Crippen LogP contribution in [0.1, 0.15) is 23.9 Å². The molecule has 0 bridgehead atoms.